The molecule has 0 radical (unpaired) electrons. The van der Waals surface area contributed by atoms with E-state index in [1.165, 1.54) is 0 Å². The van der Waals surface area contributed by atoms with Gasteiger partial charge >= 0.3 is 0 Å². The SMILES string of the molecule is CC1OCCC1N(C)c1ccc(C#N)nc1. The summed E-state index contributed by atoms with van der Waals surface area (Å²) in [4.78, 5) is 6.24. The van der Waals surface area contributed by atoms with Crippen LogP contribution in [-0.2, 0) is 4.74 Å². The van der Waals surface area contributed by atoms with E-state index in [1.54, 1.807) is 12.3 Å². The molecule has 0 aliphatic carbocycles. The molecule has 0 bridgehead atoms. The van der Waals surface area contributed by atoms with Crippen molar-refractivity contribution in [2.45, 2.75) is 25.5 Å². The minimum atomic E-state index is 0.251. The van der Waals surface area contributed by atoms with Gasteiger partial charge < -0.3 is 9.64 Å². The van der Waals surface area contributed by atoms with Gasteiger partial charge in [0.1, 0.15) is 11.8 Å². The lowest BCUT2D eigenvalue weighted by molar-refractivity contribution is 0.118. The Hall–Kier alpha value is -1.60. The summed E-state index contributed by atoms with van der Waals surface area (Å²) in [6.07, 6.45) is 3.03. The molecule has 0 N–H and O–H groups in total. The van der Waals surface area contributed by atoms with Crippen LogP contribution >= 0.6 is 0 Å². The van der Waals surface area contributed by atoms with E-state index in [0.717, 1.165) is 18.7 Å². The number of aromatic nitrogens is 1. The quantitative estimate of drug-likeness (QED) is 0.754. The summed E-state index contributed by atoms with van der Waals surface area (Å²) in [5.74, 6) is 0. The lowest BCUT2D eigenvalue weighted by Crippen LogP contribution is -2.36. The van der Waals surface area contributed by atoms with E-state index in [4.69, 9.17) is 10.00 Å². The molecule has 1 aromatic rings. The summed E-state index contributed by atoms with van der Waals surface area (Å²) in [5, 5.41) is 8.67. The Morgan fingerprint density at radius 2 is 2.38 bits per heavy atom. The zero-order valence-corrected chi connectivity index (χ0v) is 9.55. The molecule has 2 heterocycles. The number of rotatable bonds is 2. The molecule has 0 aromatic carbocycles. The number of hydrogen-bond acceptors (Lipinski definition) is 4. The molecular formula is C12H15N3O. The van der Waals surface area contributed by atoms with Gasteiger partial charge in [0.05, 0.1) is 24.0 Å². The van der Waals surface area contributed by atoms with Crippen LogP contribution in [0.25, 0.3) is 0 Å². The minimum absolute atomic E-state index is 0.251. The summed E-state index contributed by atoms with van der Waals surface area (Å²) in [7, 11) is 2.04. The van der Waals surface area contributed by atoms with Crippen molar-refractivity contribution in [2.24, 2.45) is 0 Å². The fourth-order valence-electron chi connectivity index (χ4n) is 2.08. The van der Waals surface area contributed by atoms with Gasteiger partial charge in [-0.2, -0.15) is 5.26 Å². The van der Waals surface area contributed by atoms with E-state index in [2.05, 4.69) is 16.8 Å². The molecule has 0 spiro atoms. The second kappa shape index (κ2) is 4.50. The maximum Gasteiger partial charge on any atom is 0.140 e. The third kappa shape index (κ3) is 2.00. The molecule has 0 saturated carbocycles. The molecule has 1 aromatic heterocycles. The summed E-state index contributed by atoms with van der Waals surface area (Å²) in [5.41, 5.74) is 1.48. The Morgan fingerprint density at radius 3 is 2.88 bits per heavy atom. The van der Waals surface area contributed by atoms with Gasteiger partial charge in [-0.15, -0.1) is 0 Å². The van der Waals surface area contributed by atoms with E-state index >= 15 is 0 Å². The lowest BCUT2D eigenvalue weighted by Gasteiger charge is -2.28. The van der Waals surface area contributed by atoms with E-state index in [-0.39, 0.29) is 6.10 Å². The zero-order chi connectivity index (χ0) is 11.5. The third-order valence-corrected chi connectivity index (χ3v) is 3.10. The topological polar surface area (TPSA) is 49.1 Å². The Bertz CT molecular complexity index is 396. The summed E-state index contributed by atoms with van der Waals surface area (Å²) in [6, 6.07) is 6.08. The minimum Gasteiger partial charge on any atom is -0.376 e. The molecule has 1 saturated heterocycles. The smallest absolute Gasteiger partial charge is 0.140 e. The normalized spacial score (nSPS) is 24.1. The number of nitrogens with zero attached hydrogens (tertiary/aromatic N) is 3. The van der Waals surface area contributed by atoms with Gasteiger partial charge in [0.25, 0.3) is 0 Å². The number of pyridine rings is 1. The van der Waals surface area contributed by atoms with Crippen LogP contribution in [0.5, 0.6) is 0 Å². The molecule has 0 amide bonds. The largest absolute Gasteiger partial charge is 0.376 e. The van der Waals surface area contributed by atoms with Gasteiger partial charge in [0.2, 0.25) is 0 Å². The second-order valence-corrected chi connectivity index (χ2v) is 4.06. The van der Waals surface area contributed by atoms with Gasteiger partial charge in [-0.25, -0.2) is 4.98 Å². The number of hydrogen-bond donors (Lipinski definition) is 0. The average Bonchev–Trinajstić information content (AvgIpc) is 2.75. The highest BCUT2D eigenvalue weighted by Crippen LogP contribution is 2.23. The summed E-state index contributed by atoms with van der Waals surface area (Å²) >= 11 is 0. The Balaban J connectivity index is 2.14. The highest BCUT2D eigenvalue weighted by molar-refractivity contribution is 5.46. The molecule has 4 heteroatoms. The predicted octanol–water partition coefficient (Wildman–Crippen LogP) is 1.57. The molecule has 84 valence electrons. The molecule has 2 atom stereocenters. The van der Waals surface area contributed by atoms with Crippen molar-refractivity contribution in [3.63, 3.8) is 0 Å². The number of ether oxygens (including phenoxy) is 1. The summed E-state index contributed by atoms with van der Waals surface area (Å²) in [6.45, 7) is 2.91. The van der Waals surface area contributed by atoms with Crippen LogP contribution in [0, 0.1) is 11.3 Å². The van der Waals surface area contributed by atoms with E-state index in [9.17, 15) is 0 Å². The second-order valence-electron chi connectivity index (χ2n) is 4.06. The van der Waals surface area contributed by atoms with E-state index < -0.39 is 0 Å². The van der Waals surface area contributed by atoms with Crippen molar-refractivity contribution < 1.29 is 4.74 Å². The first kappa shape index (κ1) is 10.9. The van der Waals surface area contributed by atoms with Crippen LogP contribution < -0.4 is 4.90 Å². The molecule has 2 rings (SSSR count). The van der Waals surface area contributed by atoms with Gasteiger partial charge in [0.15, 0.2) is 0 Å². The zero-order valence-electron chi connectivity index (χ0n) is 9.55. The standard InChI is InChI=1S/C12H15N3O/c1-9-12(5-6-16-9)15(2)11-4-3-10(7-13)14-8-11/h3-4,8-9,12H,5-6H2,1-2H3. The molecule has 16 heavy (non-hydrogen) atoms. The van der Waals surface area contributed by atoms with Crippen LogP contribution in [0.1, 0.15) is 19.0 Å². The maximum absolute atomic E-state index is 8.67. The highest BCUT2D eigenvalue weighted by atomic mass is 16.5. The molecular weight excluding hydrogens is 202 g/mol. The number of anilines is 1. The van der Waals surface area contributed by atoms with Crippen LogP contribution in [0.15, 0.2) is 18.3 Å². The van der Waals surface area contributed by atoms with Crippen LogP contribution in [-0.4, -0.2) is 30.8 Å². The monoisotopic (exact) mass is 217 g/mol. The molecule has 4 nitrogen and oxygen atoms in total. The van der Waals surface area contributed by atoms with Crippen LogP contribution in [0.3, 0.4) is 0 Å². The van der Waals surface area contributed by atoms with Crippen molar-refractivity contribution >= 4 is 5.69 Å². The number of likely N-dealkylation sites (N-methyl/N-ethyl adjacent to an activating group) is 1. The van der Waals surface area contributed by atoms with E-state index in [0.29, 0.717) is 11.7 Å². The third-order valence-electron chi connectivity index (χ3n) is 3.10. The Labute approximate surface area is 95.5 Å². The lowest BCUT2D eigenvalue weighted by atomic mass is 10.1. The van der Waals surface area contributed by atoms with Gasteiger partial charge in [-0.1, -0.05) is 0 Å². The molecule has 1 fully saturated rings. The van der Waals surface area contributed by atoms with Crippen molar-refractivity contribution in [2.75, 3.05) is 18.6 Å². The van der Waals surface area contributed by atoms with Gasteiger partial charge in [-0.05, 0) is 25.5 Å². The fraction of sp³-hybridized carbons (Fsp3) is 0.500. The van der Waals surface area contributed by atoms with Gasteiger partial charge in [-0.3, -0.25) is 0 Å². The first-order chi connectivity index (χ1) is 7.72. The van der Waals surface area contributed by atoms with Crippen molar-refractivity contribution in [1.82, 2.24) is 4.98 Å². The predicted molar refractivity (Wildman–Crippen MR) is 61.2 cm³/mol. The molecule has 1 aliphatic rings. The molecule has 1 aliphatic heterocycles. The van der Waals surface area contributed by atoms with Crippen LogP contribution in [0.4, 0.5) is 5.69 Å². The van der Waals surface area contributed by atoms with Gasteiger partial charge in [0, 0.05) is 13.7 Å². The first-order valence-corrected chi connectivity index (χ1v) is 5.43. The first-order valence-electron chi connectivity index (χ1n) is 5.43. The molecule has 2 unspecified atom stereocenters. The van der Waals surface area contributed by atoms with Crippen LogP contribution in [0.2, 0.25) is 0 Å². The fourth-order valence-corrected chi connectivity index (χ4v) is 2.08. The van der Waals surface area contributed by atoms with Crippen molar-refractivity contribution in [3.05, 3.63) is 24.0 Å². The van der Waals surface area contributed by atoms with E-state index in [1.807, 2.05) is 19.2 Å². The van der Waals surface area contributed by atoms with Crippen molar-refractivity contribution in [3.8, 4) is 6.07 Å². The Morgan fingerprint density at radius 1 is 1.56 bits per heavy atom. The summed E-state index contributed by atoms with van der Waals surface area (Å²) < 4.78 is 5.54. The average molecular weight is 217 g/mol. The van der Waals surface area contributed by atoms with Crippen molar-refractivity contribution in [1.29, 1.82) is 5.26 Å². The number of nitriles is 1. The highest BCUT2D eigenvalue weighted by Gasteiger charge is 2.28. The Kier molecular flexibility index (Phi) is 3.07. The maximum atomic E-state index is 8.67.